The van der Waals surface area contributed by atoms with Crippen LogP contribution < -0.4 is 0 Å². The molecule has 1 unspecified atom stereocenters. The molecule has 0 saturated carbocycles. The molecule has 2 aliphatic heterocycles. The topological polar surface area (TPSA) is 79.7 Å². The van der Waals surface area contributed by atoms with E-state index in [4.69, 9.17) is 26.2 Å². The monoisotopic (exact) mass is 488 g/mol. The predicted octanol–water partition coefficient (Wildman–Crippen LogP) is 4.29. The minimum Gasteiger partial charge on any atom is -0.475 e. The van der Waals surface area contributed by atoms with Crippen LogP contribution in [0.25, 0.3) is 0 Å². The van der Waals surface area contributed by atoms with Crippen LogP contribution in [0.2, 0.25) is 5.02 Å². The van der Waals surface area contributed by atoms with Gasteiger partial charge < -0.3 is 14.7 Å². The maximum Gasteiger partial charge on any atom is 0.490 e. The van der Waals surface area contributed by atoms with Gasteiger partial charge in [0.1, 0.15) is 0 Å². The molecule has 4 rings (SSSR count). The fourth-order valence-electron chi connectivity index (χ4n) is 3.42. The molecule has 1 spiro atoms. The summed E-state index contributed by atoms with van der Waals surface area (Å²) < 4.78 is 37.9. The molecular formula is C21H20ClF3N2O4S. The number of hydrogen-bond donors (Lipinski definition) is 1. The lowest BCUT2D eigenvalue weighted by Gasteiger charge is -2.47. The van der Waals surface area contributed by atoms with Crippen LogP contribution in [0.15, 0.2) is 48.8 Å². The summed E-state index contributed by atoms with van der Waals surface area (Å²) in [5.41, 5.74) is 1.76. The second-order valence-electron chi connectivity index (χ2n) is 7.47. The van der Waals surface area contributed by atoms with Crippen molar-refractivity contribution in [2.75, 3.05) is 18.8 Å². The molecule has 2 aromatic rings. The number of carbonyl (C=O) groups is 2. The fourth-order valence-corrected chi connectivity index (χ4v) is 5.17. The summed E-state index contributed by atoms with van der Waals surface area (Å²) in [6.45, 7) is 2.17. The lowest BCUT2D eigenvalue weighted by atomic mass is 9.92. The van der Waals surface area contributed by atoms with Crippen molar-refractivity contribution in [3.63, 3.8) is 0 Å². The predicted molar refractivity (Wildman–Crippen MR) is 114 cm³/mol. The van der Waals surface area contributed by atoms with E-state index in [-0.39, 0.29) is 16.8 Å². The summed E-state index contributed by atoms with van der Waals surface area (Å²) in [5, 5.41) is 7.72. The fraction of sp³-hybridized carbons (Fsp3) is 0.381. The summed E-state index contributed by atoms with van der Waals surface area (Å²) >= 11 is 7.92. The van der Waals surface area contributed by atoms with E-state index in [0.717, 1.165) is 30.8 Å². The summed E-state index contributed by atoms with van der Waals surface area (Å²) in [7, 11) is 0. The Kier molecular flexibility index (Phi) is 7.68. The number of halogens is 4. The van der Waals surface area contributed by atoms with E-state index in [2.05, 4.69) is 4.98 Å². The van der Waals surface area contributed by atoms with E-state index in [9.17, 15) is 18.0 Å². The Morgan fingerprint density at radius 2 is 2.00 bits per heavy atom. The maximum absolute atomic E-state index is 12.5. The number of thioether (sulfide) groups is 1. The Morgan fingerprint density at radius 3 is 2.59 bits per heavy atom. The first kappa shape index (κ1) is 24.3. The van der Waals surface area contributed by atoms with Crippen molar-refractivity contribution in [3.8, 4) is 0 Å². The molecule has 2 fully saturated rings. The van der Waals surface area contributed by atoms with Crippen LogP contribution in [-0.4, -0.2) is 62.7 Å². The number of aliphatic carboxylic acids is 1. The molecule has 1 atom stereocenters. The first-order valence-electron chi connectivity index (χ1n) is 9.57. The highest BCUT2D eigenvalue weighted by Gasteiger charge is 2.51. The Balaban J connectivity index is 0.000000360. The van der Waals surface area contributed by atoms with Crippen molar-refractivity contribution in [2.24, 2.45) is 0 Å². The van der Waals surface area contributed by atoms with Crippen molar-refractivity contribution in [3.05, 3.63) is 64.9 Å². The normalized spacial score (nSPS) is 19.1. The molecule has 11 heteroatoms. The molecule has 6 nitrogen and oxygen atoms in total. The molecule has 1 amide bonds. The zero-order valence-electron chi connectivity index (χ0n) is 16.7. The smallest absolute Gasteiger partial charge is 0.475 e. The van der Waals surface area contributed by atoms with Gasteiger partial charge in [-0.15, -0.1) is 11.8 Å². The number of amides is 1. The first-order chi connectivity index (χ1) is 15.1. The molecule has 2 aliphatic rings. The minimum absolute atomic E-state index is 0.0634. The molecule has 32 heavy (non-hydrogen) atoms. The van der Waals surface area contributed by atoms with Crippen molar-refractivity contribution < 1.29 is 32.6 Å². The number of ether oxygens (including phenoxy) is 1. The van der Waals surface area contributed by atoms with Crippen molar-refractivity contribution in [1.29, 1.82) is 0 Å². The summed E-state index contributed by atoms with van der Waals surface area (Å²) in [6, 6.07) is 11.1. The summed E-state index contributed by atoms with van der Waals surface area (Å²) in [5.74, 6) is -1.71. The average Bonchev–Trinajstić information content (AvgIpc) is 3.16. The second-order valence-corrected chi connectivity index (χ2v) is 9.39. The van der Waals surface area contributed by atoms with E-state index in [1.54, 1.807) is 18.3 Å². The van der Waals surface area contributed by atoms with E-state index >= 15 is 0 Å². The molecule has 3 heterocycles. The zero-order chi connectivity index (χ0) is 23.4. The van der Waals surface area contributed by atoms with Crippen LogP contribution in [0, 0.1) is 0 Å². The van der Waals surface area contributed by atoms with Crippen molar-refractivity contribution >= 4 is 35.2 Å². The Bertz CT molecular complexity index is 956. The van der Waals surface area contributed by atoms with Crippen LogP contribution in [-0.2, 0) is 16.1 Å². The third kappa shape index (κ3) is 6.36. The largest absolute Gasteiger partial charge is 0.490 e. The second kappa shape index (κ2) is 10.1. The quantitative estimate of drug-likeness (QED) is 0.692. The van der Waals surface area contributed by atoms with Gasteiger partial charge in [-0.2, -0.15) is 13.2 Å². The van der Waals surface area contributed by atoms with Crippen LogP contribution in [0.5, 0.6) is 0 Å². The molecule has 1 N–H and O–H groups in total. The van der Waals surface area contributed by atoms with Gasteiger partial charge in [0.25, 0.3) is 5.91 Å². The Hall–Kier alpha value is -2.30. The van der Waals surface area contributed by atoms with E-state index in [1.807, 2.05) is 47.1 Å². The Morgan fingerprint density at radius 1 is 1.28 bits per heavy atom. The number of carbonyl (C=O) groups excluding carboxylic acids is 1. The lowest BCUT2D eigenvalue weighted by molar-refractivity contribution is -0.192. The van der Waals surface area contributed by atoms with Gasteiger partial charge in [-0.25, -0.2) is 4.79 Å². The lowest BCUT2D eigenvalue weighted by Crippen LogP contribution is -2.60. The number of rotatable bonds is 4. The van der Waals surface area contributed by atoms with Gasteiger partial charge in [-0.05, 0) is 36.2 Å². The molecule has 1 aromatic carbocycles. The number of alkyl halides is 3. The van der Waals surface area contributed by atoms with E-state index in [0.29, 0.717) is 17.2 Å². The minimum atomic E-state index is -5.08. The molecule has 2 saturated heterocycles. The van der Waals surface area contributed by atoms with E-state index < -0.39 is 12.1 Å². The number of hydrogen-bond acceptors (Lipinski definition) is 5. The van der Waals surface area contributed by atoms with Gasteiger partial charge >= 0.3 is 12.1 Å². The Labute approximate surface area is 191 Å². The first-order valence-corrected chi connectivity index (χ1v) is 10.9. The van der Waals surface area contributed by atoms with Crippen LogP contribution in [0.4, 0.5) is 13.2 Å². The van der Waals surface area contributed by atoms with Crippen LogP contribution in [0.1, 0.15) is 22.3 Å². The van der Waals surface area contributed by atoms with Gasteiger partial charge in [0, 0.05) is 41.8 Å². The van der Waals surface area contributed by atoms with Crippen molar-refractivity contribution in [1.82, 2.24) is 9.88 Å². The van der Waals surface area contributed by atoms with Crippen LogP contribution >= 0.6 is 23.4 Å². The van der Waals surface area contributed by atoms with Gasteiger partial charge in [0.05, 0.1) is 17.5 Å². The molecule has 1 aromatic heterocycles. The number of aromatic nitrogens is 1. The van der Waals surface area contributed by atoms with Gasteiger partial charge in [-0.1, -0.05) is 23.7 Å². The standard InChI is InChI=1S/C19H19ClN2O2S.C2HF3O2/c20-16-5-1-4-15(7-16)18(23)22-12-19(13-22)8-17(11-25-19)24-10-14-3-2-6-21-9-14;3-2(4,5)1(6)7/h1-7,9,17H,8,10-13H2;(H,6,7). The molecule has 0 bridgehead atoms. The van der Waals surface area contributed by atoms with Gasteiger partial charge in [0.2, 0.25) is 0 Å². The maximum atomic E-state index is 12.5. The average molecular weight is 489 g/mol. The highest BCUT2D eigenvalue weighted by atomic mass is 35.5. The highest BCUT2D eigenvalue weighted by molar-refractivity contribution is 8.01. The molecule has 0 radical (unpaired) electrons. The van der Waals surface area contributed by atoms with Gasteiger partial charge in [0.15, 0.2) is 0 Å². The third-order valence-electron chi connectivity index (χ3n) is 4.94. The number of carboxylic acid groups (broad SMARTS) is 1. The number of carboxylic acids is 1. The van der Waals surface area contributed by atoms with Gasteiger partial charge in [-0.3, -0.25) is 9.78 Å². The zero-order valence-corrected chi connectivity index (χ0v) is 18.3. The highest BCUT2D eigenvalue weighted by Crippen LogP contribution is 2.46. The number of likely N-dealkylation sites (tertiary alicyclic amines) is 1. The summed E-state index contributed by atoms with van der Waals surface area (Å²) in [6.07, 6.45) is -0.234. The SMILES string of the molecule is O=C(O)C(F)(F)F.O=C(c1cccc(Cl)c1)N1CC2(CC(OCc3cccnc3)CS2)C1. The van der Waals surface area contributed by atoms with Crippen LogP contribution in [0.3, 0.4) is 0 Å². The summed E-state index contributed by atoms with van der Waals surface area (Å²) in [4.78, 5) is 27.4. The molecular weight excluding hydrogens is 469 g/mol. The molecule has 0 aliphatic carbocycles. The third-order valence-corrected chi connectivity index (χ3v) is 6.75. The molecule has 172 valence electrons. The number of pyridine rings is 1. The number of nitrogens with zero attached hydrogens (tertiary/aromatic N) is 2. The number of benzene rings is 1. The van der Waals surface area contributed by atoms with Crippen molar-refractivity contribution in [2.45, 2.75) is 30.1 Å². The van der Waals surface area contributed by atoms with E-state index in [1.165, 1.54) is 0 Å².